The van der Waals surface area contributed by atoms with Gasteiger partial charge in [-0.3, -0.25) is 9.98 Å². The first-order chi connectivity index (χ1) is 14.8. The van der Waals surface area contributed by atoms with Gasteiger partial charge in [0.05, 0.1) is 19.0 Å². The van der Waals surface area contributed by atoms with E-state index in [2.05, 4.69) is 20.3 Å². The van der Waals surface area contributed by atoms with Crippen LogP contribution in [0.4, 0.5) is 0 Å². The van der Waals surface area contributed by atoms with Gasteiger partial charge in [0.15, 0.2) is 0 Å². The number of benzene rings is 2. The number of aromatic nitrogens is 3. The molecule has 31 heavy (non-hydrogen) atoms. The largest absolute Gasteiger partial charge is 0.496 e. The smallest absolute Gasteiger partial charge is 0.129 e. The fraction of sp³-hybridized carbons (Fsp3) is 0.304. The quantitative estimate of drug-likeness (QED) is 0.451. The molecule has 0 fully saturated rings. The summed E-state index contributed by atoms with van der Waals surface area (Å²) in [6, 6.07) is 13.6. The van der Waals surface area contributed by atoms with E-state index in [-0.39, 0.29) is 12.1 Å². The average molecular weight is 420 g/mol. The average Bonchev–Trinajstić information content (AvgIpc) is 3.22. The fourth-order valence-corrected chi connectivity index (χ4v) is 3.07. The number of nitrogens with zero attached hydrogens (tertiary/aromatic N) is 5. The van der Waals surface area contributed by atoms with Crippen LogP contribution in [0.25, 0.3) is 16.9 Å². The number of rotatable bonds is 7. The van der Waals surface area contributed by atoms with Gasteiger partial charge in [-0.15, -0.1) is 5.10 Å². The second-order valence-corrected chi connectivity index (χ2v) is 7.73. The van der Waals surface area contributed by atoms with Crippen molar-refractivity contribution in [2.45, 2.75) is 39.8 Å². The van der Waals surface area contributed by atoms with Crippen LogP contribution in [0.1, 0.15) is 38.8 Å². The van der Waals surface area contributed by atoms with Gasteiger partial charge in [-0.2, -0.15) is 0 Å². The van der Waals surface area contributed by atoms with Crippen LogP contribution >= 0.6 is 0 Å². The molecule has 0 saturated carbocycles. The molecule has 0 unspecified atom stereocenters. The molecule has 2 aromatic carbocycles. The summed E-state index contributed by atoms with van der Waals surface area (Å²) in [6.45, 7) is 7.94. The Morgan fingerprint density at radius 1 is 0.903 bits per heavy atom. The van der Waals surface area contributed by atoms with Crippen LogP contribution < -0.4 is 16.2 Å². The molecule has 1 aromatic heterocycles. The Morgan fingerprint density at radius 3 is 2.06 bits per heavy atom. The summed E-state index contributed by atoms with van der Waals surface area (Å²) in [4.78, 5) is 8.77. The van der Waals surface area contributed by atoms with Crippen LogP contribution in [0.15, 0.2) is 58.6 Å². The van der Waals surface area contributed by atoms with Gasteiger partial charge >= 0.3 is 0 Å². The summed E-state index contributed by atoms with van der Waals surface area (Å²) in [6.07, 6.45) is 1.85. The van der Waals surface area contributed by atoms with Crippen molar-refractivity contribution in [1.82, 2.24) is 15.0 Å². The van der Waals surface area contributed by atoms with Gasteiger partial charge in [0.2, 0.25) is 0 Å². The highest BCUT2D eigenvalue weighted by atomic mass is 16.5. The molecule has 8 heteroatoms. The van der Waals surface area contributed by atoms with Gasteiger partial charge in [0.1, 0.15) is 23.1 Å². The van der Waals surface area contributed by atoms with Gasteiger partial charge in [-0.1, -0.05) is 11.3 Å². The zero-order valence-electron chi connectivity index (χ0n) is 18.6. The molecule has 8 nitrogen and oxygen atoms in total. The molecule has 0 bridgehead atoms. The zero-order chi connectivity index (χ0) is 22.5. The van der Waals surface area contributed by atoms with Crippen molar-refractivity contribution in [3.63, 3.8) is 0 Å². The molecule has 0 aliphatic heterocycles. The van der Waals surface area contributed by atoms with E-state index in [1.165, 1.54) is 0 Å². The summed E-state index contributed by atoms with van der Waals surface area (Å²) in [5.74, 6) is 1.65. The minimum Gasteiger partial charge on any atom is -0.496 e. The fourth-order valence-electron chi connectivity index (χ4n) is 3.07. The monoisotopic (exact) mass is 419 g/mol. The van der Waals surface area contributed by atoms with Crippen LogP contribution in [0.3, 0.4) is 0 Å². The maximum absolute atomic E-state index is 6.09. The van der Waals surface area contributed by atoms with Crippen LogP contribution in [-0.4, -0.2) is 45.9 Å². The number of amidine groups is 2. The number of hydrogen-bond acceptors (Lipinski definition) is 5. The van der Waals surface area contributed by atoms with Crippen LogP contribution in [0, 0.1) is 0 Å². The SMILES string of the molecule is COc1cc(C(N)=NC(C)C)ccc1-c1cn(-c2ccc(C(N)=NC(C)C)cc2)nn1. The molecule has 0 saturated heterocycles. The minimum atomic E-state index is 0.115. The molecule has 0 amide bonds. The first kappa shape index (κ1) is 22.0. The highest BCUT2D eigenvalue weighted by Gasteiger charge is 2.13. The number of aliphatic imine (C=N–C) groups is 2. The lowest BCUT2D eigenvalue weighted by atomic mass is 10.1. The van der Waals surface area contributed by atoms with Crippen molar-refractivity contribution in [2.24, 2.45) is 21.5 Å². The zero-order valence-corrected chi connectivity index (χ0v) is 18.6. The first-order valence-electron chi connectivity index (χ1n) is 10.2. The predicted molar refractivity (Wildman–Crippen MR) is 125 cm³/mol. The number of ether oxygens (including phenoxy) is 1. The number of methoxy groups -OCH3 is 1. The lowest BCUT2D eigenvalue weighted by Crippen LogP contribution is -2.15. The van der Waals surface area contributed by atoms with E-state index in [4.69, 9.17) is 16.2 Å². The van der Waals surface area contributed by atoms with Crippen molar-refractivity contribution >= 4 is 11.7 Å². The van der Waals surface area contributed by atoms with E-state index >= 15 is 0 Å². The van der Waals surface area contributed by atoms with E-state index in [1.807, 2.05) is 76.4 Å². The molecule has 162 valence electrons. The van der Waals surface area contributed by atoms with Gasteiger partial charge in [-0.05, 0) is 64.1 Å². The van der Waals surface area contributed by atoms with Crippen molar-refractivity contribution in [3.8, 4) is 22.7 Å². The van der Waals surface area contributed by atoms with Crippen molar-refractivity contribution in [1.29, 1.82) is 0 Å². The van der Waals surface area contributed by atoms with Crippen LogP contribution in [0.2, 0.25) is 0 Å². The second kappa shape index (κ2) is 9.42. The third-order valence-electron chi connectivity index (χ3n) is 4.49. The summed E-state index contributed by atoms with van der Waals surface area (Å²) < 4.78 is 7.27. The van der Waals surface area contributed by atoms with Gasteiger partial charge in [0, 0.05) is 28.8 Å². The molecule has 3 rings (SSSR count). The molecule has 0 aliphatic carbocycles. The van der Waals surface area contributed by atoms with Crippen molar-refractivity contribution in [3.05, 3.63) is 59.8 Å². The van der Waals surface area contributed by atoms with Gasteiger partial charge < -0.3 is 16.2 Å². The predicted octanol–water partition coefficient (Wildman–Crippen LogP) is 3.17. The van der Waals surface area contributed by atoms with E-state index in [1.54, 1.807) is 11.8 Å². The van der Waals surface area contributed by atoms with Gasteiger partial charge in [0.25, 0.3) is 0 Å². The Hall–Kier alpha value is -3.68. The van der Waals surface area contributed by atoms with E-state index in [9.17, 15) is 0 Å². The van der Waals surface area contributed by atoms with Crippen LogP contribution in [0.5, 0.6) is 5.75 Å². The first-order valence-corrected chi connectivity index (χ1v) is 10.2. The normalized spacial score (nSPS) is 12.6. The Bertz CT molecular complexity index is 1100. The van der Waals surface area contributed by atoms with Crippen molar-refractivity contribution < 1.29 is 4.74 Å². The van der Waals surface area contributed by atoms with E-state index in [0.717, 1.165) is 22.4 Å². The topological polar surface area (TPSA) is 117 Å². The highest BCUT2D eigenvalue weighted by Crippen LogP contribution is 2.30. The standard InChI is InChI=1S/C23H29N7O/c1-14(2)26-22(24)16-6-9-18(10-7-16)30-13-20(28-29-30)19-11-8-17(12-21(19)31-5)23(25)27-15(3)4/h6-15H,1-5H3,(H2,24,26)(H2,25,27). The number of hydrogen-bond donors (Lipinski definition) is 2. The lowest BCUT2D eigenvalue weighted by Gasteiger charge is -2.09. The Kier molecular flexibility index (Phi) is 6.69. The lowest BCUT2D eigenvalue weighted by molar-refractivity contribution is 0.416. The Labute approximate surface area is 182 Å². The summed E-state index contributed by atoms with van der Waals surface area (Å²) in [5, 5.41) is 8.57. The molecule has 3 aromatic rings. The second-order valence-electron chi connectivity index (χ2n) is 7.73. The summed E-state index contributed by atoms with van der Waals surface area (Å²) >= 11 is 0. The molecule has 0 radical (unpaired) electrons. The molecule has 0 atom stereocenters. The molecule has 4 N–H and O–H groups in total. The molecular formula is C23H29N7O. The molecule has 0 aliphatic rings. The van der Waals surface area contributed by atoms with Gasteiger partial charge in [-0.25, -0.2) is 4.68 Å². The Morgan fingerprint density at radius 2 is 1.48 bits per heavy atom. The molecule has 0 spiro atoms. The maximum Gasteiger partial charge on any atom is 0.129 e. The van der Waals surface area contributed by atoms with E-state index in [0.29, 0.717) is 23.1 Å². The third-order valence-corrected chi connectivity index (χ3v) is 4.49. The highest BCUT2D eigenvalue weighted by molar-refractivity contribution is 5.99. The third kappa shape index (κ3) is 5.28. The number of nitrogens with two attached hydrogens (primary N) is 2. The van der Waals surface area contributed by atoms with E-state index < -0.39 is 0 Å². The minimum absolute atomic E-state index is 0.115. The molecular weight excluding hydrogens is 390 g/mol. The van der Waals surface area contributed by atoms with Crippen LogP contribution in [-0.2, 0) is 0 Å². The Balaban J connectivity index is 1.88. The van der Waals surface area contributed by atoms with Crippen molar-refractivity contribution in [2.75, 3.05) is 7.11 Å². The maximum atomic E-state index is 6.09. The summed E-state index contributed by atoms with van der Waals surface area (Å²) in [5.41, 5.74) is 16.2. The molecule has 1 heterocycles. The summed E-state index contributed by atoms with van der Waals surface area (Å²) in [7, 11) is 1.62.